The molecule has 0 aliphatic rings. The first-order valence-electron chi connectivity index (χ1n) is 5.59. The molecule has 0 radical (unpaired) electrons. The van der Waals surface area contributed by atoms with Crippen LogP contribution in [0.2, 0.25) is 10.0 Å². The quantitative estimate of drug-likeness (QED) is 0.428. The number of nitrogens with zero attached hydrogens (tertiary/aromatic N) is 1. The van der Waals surface area contributed by atoms with Crippen LogP contribution in [0.15, 0.2) is 36.4 Å². The summed E-state index contributed by atoms with van der Waals surface area (Å²) in [6.07, 6.45) is 0. The lowest BCUT2D eigenvalue weighted by atomic mass is 10.1. The average molecular weight is 437 g/mol. The lowest BCUT2D eigenvalue weighted by Crippen LogP contribution is -2.14. The van der Waals surface area contributed by atoms with Crippen LogP contribution in [0.5, 0.6) is 0 Å². The zero-order valence-corrected chi connectivity index (χ0v) is 13.9. The van der Waals surface area contributed by atoms with Crippen molar-refractivity contribution in [3.05, 3.63) is 65.7 Å². The van der Waals surface area contributed by atoms with Gasteiger partial charge in [0.05, 0.1) is 15.6 Å². The summed E-state index contributed by atoms with van der Waals surface area (Å²) in [5.41, 5.74) is -0.184. The van der Waals surface area contributed by atoms with Crippen molar-refractivity contribution in [1.29, 1.82) is 0 Å². The first-order valence-corrected chi connectivity index (χ1v) is 7.43. The molecule has 8 heteroatoms. The highest BCUT2D eigenvalue weighted by atomic mass is 127. The molecule has 2 aromatic rings. The van der Waals surface area contributed by atoms with Crippen LogP contribution in [0.25, 0.3) is 0 Å². The summed E-state index contributed by atoms with van der Waals surface area (Å²) in [4.78, 5) is 22.5. The molecule has 0 bridgehead atoms. The van der Waals surface area contributed by atoms with E-state index in [9.17, 15) is 14.9 Å². The molecule has 2 rings (SSSR count). The van der Waals surface area contributed by atoms with Gasteiger partial charge in [0.1, 0.15) is 10.6 Å². The van der Waals surface area contributed by atoms with Crippen LogP contribution in [0.1, 0.15) is 10.4 Å². The predicted octanol–water partition coefficient (Wildman–Crippen LogP) is 4.76. The maximum absolute atomic E-state index is 12.2. The molecule has 0 heterocycles. The number of anilines is 1. The van der Waals surface area contributed by atoms with E-state index >= 15 is 0 Å². The van der Waals surface area contributed by atoms with E-state index in [1.54, 1.807) is 18.2 Å². The highest BCUT2D eigenvalue weighted by molar-refractivity contribution is 14.1. The average Bonchev–Trinajstić information content (AvgIpc) is 2.41. The maximum Gasteiger partial charge on any atom is 0.300 e. The Balaban J connectivity index is 2.37. The summed E-state index contributed by atoms with van der Waals surface area (Å²) in [7, 11) is 0. The van der Waals surface area contributed by atoms with Crippen molar-refractivity contribution in [3.63, 3.8) is 0 Å². The van der Waals surface area contributed by atoms with E-state index in [1.807, 2.05) is 0 Å². The van der Waals surface area contributed by atoms with Crippen molar-refractivity contribution in [2.24, 2.45) is 0 Å². The Bertz CT molecular complexity index is 737. The molecular formula is C13H7Cl2IN2O3. The normalized spacial score (nSPS) is 10.2. The topological polar surface area (TPSA) is 72.2 Å². The molecule has 2 aromatic carbocycles. The van der Waals surface area contributed by atoms with Crippen molar-refractivity contribution in [3.8, 4) is 0 Å². The second-order valence-electron chi connectivity index (χ2n) is 3.97. The van der Waals surface area contributed by atoms with Gasteiger partial charge >= 0.3 is 5.69 Å². The first kappa shape index (κ1) is 16.0. The van der Waals surface area contributed by atoms with E-state index in [2.05, 4.69) is 27.9 Å². The van der Waals surface area contributed by atoms with Crippen LogP contribution in [0.4, 0.5) is 11.4 Å². The Hall–Kier alpha value is -1.38. The fourth-order valence-electron chi connectivity index (χ4n) is 1.66. The number of hydrogen-bond acceptors (Lipinski definition) is 3. The van der Waals surface area contributed by atoms with E-state index in [1.165, 1.54) is 18.2 Å². The third-order valence-corrected chi connectivity index (χ3v) is 3.88. The summed E-state index contributed by atoms with van der Waals surface area (Å²) in [6.45, 7) is 0. The third-order valence-electron chi connectivity index (χ3n) is 2.59. The molecular weight excluding hydrogens is 430 g/mol. The Labute approximate surface area is 143 Å². The number of halogens is 3. The number of rotatable bonds is 3. The lowest BCUT2D eigenvalue weighted by molar-refractivity contribution is -0.385. The second kappa shape index (κ2) is 6.59. The molecule has 1 N–H and O–H groups in total. The van der Waals surface area contributed by atoms with Gasteiger partial charge in [-0.2, -0.15) is 0 Å². The van der Waals surface area contributed by atoms with Crippen molar-refractivity contribution in [1.82, 2.24) is 0 Å². The molecule has 0 saturated heterocycles. The molecule has 0 aliphatic heterocycles. The Morgan fingerprint density at radius 1 is 1.19 bits per heavy atom. The number of para-hydroxylation sites is 1. The van der Waals surface area contributed by atoms with Crippen LogP contribution in [-0.4, -0.2) is 10.8 Å². The maximum atomic E-state index is 12.2. The smallest absolute Gasteiger partial charge is 0.300 e. The first-order chi connectivity index (χ1) is 9.90. The molecule has 1 amide bonds. The van der Waals surface area contributed by atoms with Gasteiger partial charge in [0, 0.05) is 3.57 Å². The molecule has 0 aliphatic carbocycles. The lowest BCUT2D eigenvalue weighted by Gasteiger charge is -2.08. The zero-order chi connectivity index (χ0) is 15.6. The Morgan fingerprint density at radius 3 is 2.52 bits per heavy atom. The van der Waals surface area contributed by atoms with Crippen LogP contribution in [-0.2, 0) is 0 Å². The molecule has 0 aromatic heterocycles. The van der Waals surface area contributed by atoms with Gasteiger partial charge in [-0.3, -0.25) is 14.9 Å². The zero-order valence-electron chi connectivity index (χ0n) is 10.3. The fraction of sp³-hybridized carbons (Fsp3) is 0. The number of carbonyl (C=O) groups excluding carboxylic acids is 1. The van der Waals surface area contributed by atoms with Crippen LogP contribution in [0.3, 0.4) is 0 Å². The van der Waals surface area contributed by atoms with Crippen molar-refractivity contribution < 1.29 is 9.72 Å². The summed E-state index contributed by atoms with van der Waals surface area (Å²) in [5.74, 6) is -0.646. The summed E-state index contributed by atoms with van der Waals surface area (Å²) in [6, 6.07) is 9.21. The van der Waals surface area contributed by atoms with E-state index in [-0.39, 0.29) is 10.6 Å². The van der Waals surface area contributed by atoms with Gasteiger partial charge in [0.2, 0.25) is 0 Å². The molecule has 21 heavy (non-hydrogen) atoms. The van der Waals surface area contributed by atoms with Gasteiger partial charge < -0.3 is 5.32 Å². The van der Waals surface area contributed by atoms with Gasteiger partial charge in [-0.15, -0.1) is 0 Å². The van der Waals surface area contributed by atoms with Gasteiger partial charge in [-0.1, -0.05) is 29.3 Å². The standard InChI is InChI=1S/C13H7Cl2IN2O3/c14-9-3-1-2-8(12(9)18(20)21)13(19)17-11-5-4-7(16)6-10(11)15/h1-6H,(H,17,19). The van der Waals surface area contributed by atoms with Gasteiger partial charge in [0.25, 0.3) is 5.91 Å². The summed E-state index contributed by atoms with van der Waals surface area (Å²) >= 11 is 13.9. The molecule has 0 atom stereocenters. The van der Waals surface area contributed by atoms with E-state index < -0.39 is 16.5 Å². The fourth-order valence-corrected chi connectivity index (χ4v) is 2.81. The molecule has 0 unspecified atom stereocenters. The van der Waals surface area contributed by atoms with E-state index in [0.717, 1.165) is 3.57 Å². The molecule has 0 fully saturated rings. The molecule has 5 nitrogen and oxygen atoms in total. The largest absolute Gasteiger partial charge is 0.320 e. The number of nitrogens with one attached hydrogen (secondary N) is 1. The minimum atomic E-state index is -0.688. The highest BCUT2D eigenvalue weighted by Gasteiger charge is 2.24. The van der Waals surface area contributed by atoms with Gasteiger partial charge in [-0.25, -0.2) is 0 Å². The second-order valence-corrected chi connectivity index (χ2v) is 6.03. The van der Waals surface area contributed by atoms with Crippen molar-refractivity contribution >= 4 is 63.1 Å². The minimum absolute atomic E-state index is 0.0960. The van der Waals surface area contributed by atoms with Crippen LogP contribution in [0, 0.1) is 13.7 Å². The predicted molar refractivity (Wildman–Crippen MR) is 90.2 cm³/mol. The Morgan fingerprint density at radius 2 is 1.90 bits per heavy atom. The molecule has 0 saturated carbocycles. The SMILES string of the molecule is O=C(Nc1ccc(I)cc1Cl)c1cccc(Cl)c1[N+](=O)[O-]. The van der Waals surface area contributed by atoms with Crippen molar-refractivity contribution in [2.45, 2.75) is 0 Å². The third kappa shape index (κ3) is 3.63. The molecule has 108 valence electrons. The number of hydrogen-bond donors (Lipinski definition) is 1. The van der Waals surface area contributed by atoms with Crippen LogP contribution >= 0.6 is 45.8 Å². The van der Waals surface area contributed by atoms with Crippen LogP contribution < -0.4 is 5.32 Å². The van der Waals surface area contributed by atoms with Gasteiger partial charge in [0.15, 0.2) is 0 Å². The summed E-state index contributed by atoms with van der Waals surface area (Å²) in [5, 5.41) is 13.8. The summed E-state index contributed by atoms with van der Waals surface area (Å²) < 4.78 is 0.907. The monoisotopic (exact) mass is 436 g/mol. The number of nitro benzene ring substituents is 1. The van der Waals surface area contributed by atoms with Crippen molar-refractivity contribution in [2.75, 3.05) is 5.32 Å². The van der Waals surface area contributed by atoms with E-state index in [4.69, 9.17) is 23.2 Å². The van der Waals surface area contributed by atoms with Gasteiger partial charge in [-0.05, 0) is 52.9 Å². The molecule has 0 spiro atoms. The highest BCUT2D eigenvalue weighted by Crippen LogP contribution is 2.30. The number of carbonyl (C=O) groups is 1. The number of benzene rings is 2. The minimum Gasteiger partial charge on any atom is -0.320 e. The Kier molecular flexibility index (Phi) is 5.02. The van der Waals surface area contributed by atoms with E-state index in [0.29, 0.717) is 10.7 Å². The number of nitro groups is 1. The number of amides is 1.